The van der Waals surface area contributed by atoms with E-state index in [9.17, 15) is 23.1 Å². The molecule has 0 aliphatic heterocycles. The van der Waals surface area contributed by atoms with E-state index in [0.717, 1.165) is 6.07 Å². The second-order valence-corrected chi connectivity index (χ2v) is 3.98. The quantitative estimate of drug-likeness (QED) is 0.825. The molecule has 6 heteroatoms. The molecule has 2 aromatic rings. The van der Waals surface area contributed by atoms with Gasteiger partial charge in [0.1, 0.15) is 0 Å². The highest BCUT2D eigenvalue weighted by molar-refractivity contribution is 5.83. The van der Waals surface area contributed by atoms with Gasteiger partial charge in [-0.25, -0.2) is 0 Å². The summed E-state index contributed by atoms with van der Waals surface area (Å²) >= 11 is 0. The first-order chi connectivity index (χ1) is 8.32. The van der Waals surface area contributed by atoms with Gasteiger partial charge < -0.3 is 10.1 Å². The van der Waals surface area contributed by atoms with Crippen LogP contribution in [0, 0.1) is 0 Å². The Kier molecular flexibility index (Phi) is 2.90. The van der Waals surface area contributed by atoms with Crippen LogP contribution in [0.5, 0.6) is 0 Å². The highest BCUT2D eigenvalue weighted by Crippen LogP contribution is 2.33. The number of benzene rings is 1. The van der Waals surface area contributed by atoms with Crippen LogP contribution in [0.1, 0.15) is 24.2 Å². The second-order valence-electron chi connectivity index (χ2n) is 3.98. The maximum atomic E-state index is 12.8. The standard InChI is InChI=1S/C12H10F3NO2/c1-6(17)7-5-16-9-4-2-3-8(12(13,14)15)10(9)11(7)18/h2-6,17H,1H3,(H,16,18). The molecule has 1 atom stereocenters. The highest BCUT2D eigenvalue weighted by Gasteiger charge is 2.33. The van der Waals surface area contributed by atoms with Gasteiger partial charge in [-0.05, 0) is 19.1 Å². The molecule has 1 aromatic carbocycles. The Bertz CT molecular complexity index is 644. The summed E-state index contributed by atoms with van der Waals surface area (Å²) in [6.07, 6.45) is -4.50. The SMILES string of the molecule is CC(O)c1c[nH]c2cccc(C(F)(F)F)c2c1=O. The van der Waals surface area contributed by atoms with Crippen molar-refractivity contribution < 1.29 is 18.3 Å². The second kappa shape index (κ2) is 4.13. The highest BCUT2D eigenvalue weighted by atomic mass is 19.4. The van der Waals surface area contributed by atoms with Gasteiger partial charge in [0.25, 0.3) is 0 Å². The van der Waals surface area contributed by atoms with E-state index in [4.69, 9.17) is 0 Å². The minimum atomic E-state index is -4.61. The smallest absolute Gasteiger partial charge is 0.389 e. The fraction of sp³-hybridized carbons (Fsp3) is 0.250. The molecule has 0 radical (unpaired) electrons. The molecule has 1 heterocycles. The van der Waals surface area contributed by atoms with Gasteiger partial charge in [-0.1, -0.05) is 6.07 Å². The Hall–Kier alpha value is -1.82. The van der Waals surface area contributed by atoms with Crippen molar-refractivity contribution in [3.05, 3.63) is 45.7 Å². The summed E-state index contributed by atoms with van der Waals surface area (Å²) in [5.41, 5.74) is -1.78. The monoisotopic (exact) mass is 257 g/mol. The summed E-state index contributed by atoms with van der Waals surface area (Å²) in [4.78, 5) is 14.6. The molecule has 2 N–H and O–H groups in total. The normalized spacial score (nSPS) is 13.8. The fourth-order valence-corrected chi connectivity index (χ4v) is 1.83. The number of halogens is 3. The lowest BCUT2D eigenvalue weighted by molar-refractivity contribution is -0.136. The summed E-state index contributed by atoms with van der Waals surface area (Å²) in [5.74, 6) is 0. The average Bonchev–Trinajstić information content (AvgIpc) is 2.27. The Morgan fingerprint density at radius 3 is 2.56 bits per heavy atom. The first-order valence-corrected chi connectivity index (χ1v) is 5.22. The van der Waals surface area contributed by atoms with Crippen molar-refractivity contribution in [2.75, 3.05) is 0 Å². The van der Waals surface area contributed by atoms with Crippen LogP contribution in [-0.2, 0) is 6.18 Å². The van der Waals surface area contributed by atoms with Crippen LogP contribution in [0.15, 0.2) is 29.2 Å². The van der Waals surface area contributed by atoms with Crippen LogP contribution in [0.25, 0.3) is 10.9 Å². The van der Waals surface area contributed by atoms with E-state index in [1.807, 2.05) is 0 Å². The van der Waals surface area contributed by atoms with Gasteiger partial charge in [0.05, 0.1) is 17.1 Å². The van der Waals surface area contributed by atoms with E-state index in [2.05, 4.69) is 4.98 Å². The maximum Gasteiger partial charge on any atom is 0.417 e. The first-order valence-electron chi connectivity index (χ1n) is 5.22. The Labute approximate surface area is 99.9 Å². The van der Waals surface area contributed by atoms with E-state index in [0.29, 0.717) is 0 Å². The summed E-state index contributed by atoms with van der Waals surface area (Å²) in [6.45, 7) is 1.33. The van der Waals surface area contributed by atoms with Crippen molar-refractivity contribution in [3.63, 3.8) is 0 Å². The van der Waals surface area contributed by atoms with Crippen molar-refractivity contribution >= 4 is 10.9 Å². The Morgan fingerprint density at radius 1 is 1.33 bits per heavy atom. The van der Waals surface area contributed by atoms with Gasteiger partial charge in [0.2, 0.25) is 0 Å². The molecule has 0 saturated carbocycles. The number of hydrogen-bond acceptors (Lipinski definition) is 2. The molecule has 2 rings (SSSR count). The molecule has 96 valence electrons. The molecule has 1 aromatic heterocycles. The van der Waals surface area contributed by atoms with Gasteiger partial charge in [-0.2, -0.15) is 13.2 Å². The zero-order valence-electron chi connectivity index (χ0n) is 9.38. The predicted octanol–water partition coefficient (Wildman–Crippen LogP) is 2.60. The maximum absolute atomic E-state index is 12.8. The molecular weight excluding hydrogens is 247 g/mol. The molecule has 0 aliphatic rings. The average molecular weight is 257 g/mol. The number of rotatable bonds is 1. The van der Waals surface area contributed by atoms with E-state index < -0.39 is 28.7 Å². The van der Waals surface area contributed by atoms with Crippen molar-refractivity contribution in [2.45, 2.75) is 19.2 Å². The number of aliphatic hydroxyl groups excluding tert-OH is 1. The minimum absolute atomic E-state index is 0.0841. The topological polar surface area (TPSA) is 53.1 Å². The molecular formula is C12H10F3NO2. The minimum Gasteiger partial charge on any atom is -0.389 e. The number of hydrogen-bond donors (Lipinski definition) is 2. The van der Waals surface area contributed by atoms with Crippen molar-refractivity contribution in [1.29, 1.82) is 0 Å². The molecule has 0 fully saturated rings. The van der Waals surface area contributed by atoms with Crippen LogP contribution in [-0.4, -0.2) is 10.1 Å². The number of alkyl halides is 3. The van der Waals surface area contributed by atoms with Crippen molar-refractivity contribution in [2.24, 2.45) is 0 Å². The Morgan fingerprint density at radius 2 is 2.00 bits per heavy atom. The number of H-pyrrole nitrogens is 1. The number of aromatic nitrogens is 1. The zero-order valence-corrected chi connectivity index (χ0v) is 9.38. The van der Waals surface area contributed by atoms with Crippen molar-refractivity contribution in [3.8, 4) is 0 Å². The lowest BCUT2D eigenvalue weighted by Crippen LogP contribution is -2.17. The van der Waals surface area contributed by atoms with E-state index >= 15 is 0 Å². The van der Waals surface area contributed by atoms with E-state index in [1.165, 1.54) is 25.3 Å². The third-order valence-corrected chi connectivity index (χ3v) is 2.69. The first kappa shape index (κ1) is 12.6. The molecule has 1 unspecified atom stereocenters. The number of aliphatic hydroxyl groups is 1. The van der Waals surface area contributed by atoms with Crippen LogP contribution < -0.4 is 5.43 Å². The molecule has 18 heavy (non-hydrogen) atoms. The summed E-state index contributed by atoms with van der Waals surface area (Å²) in [6, 6.07) is 3.46. The largest absolute Gasteiger partial charge is 0.417 e. The van der Waals surface area contributed by atoms with Gasteiger partial charge >= 0.3 is 6.18 Å². The third-order valence-electron chi connectivity index (χ3n) is 2.69. The van der Waals surface area contributed by atoms with Crippen LogP contribution >= 0.6 is 0 Å². The summed E-state index contributed by atoms with van der Waals surface area (Å²) in [7, 11) is 0. The Balaban J connectivity index is 2.90. The lowest BCUT2D eigenvalue weighted by Gasteiger charge is -2.11. The number of aromatic amines is 1. The molecule has 0 amide bonds. The number of fused-ring (bicyclic) bond motifs is 1. The molecule has 0 saturated heterocycles. The van der Waals surface area contributed by atoms with Gasteiger partial charge in [-0.3, -0.25) is 4.79 Å². The van der Waals surface area contributed by atoms with Crippen LogP contribution in [0.3, 0.4) is 0 Å². The lowest BCUT2D eigenvalue weighted by atomic mass is 10.0. The fourth-order valence-electron chi connectivity index (χ4n) is 1.83. The van der Waals surface area contributed by atoms with Crippen molar-refractivity contribution in [1.82, 2.24) is 4.98 Å². The van der Waals surface area contributed by atoms with Crippen LogP contribution in [0.2, 0.25) is 0 Å². The molecule has 0 bridgehead atoms. The van der Waals surface area contributed by atoms with Gasteiger partial charge in [0, 0.05) is 17.3 Å². The summed E-state index contributed by atoms with van der Waals surface area (Å²) < 4.78 is 38.4. The third kappa shape index (κ3) is 1.99. The predicted molar refractivity (Wildman–Crippen MR) is 60.2 cm³/mol. The molecule has 0 aliphatic carbocycles. The number of nitrogens with one attached hydrogen (secondary N) is 1. The van der Waals surface area contributed by atoms with Gasteiger partial charge in [-0.15, -0.1) is 0 Å². The molecule has 3 nitrogen and oxygen atoms in total. The van der Waals surface area contributed by atoms with Gasteiger partial charge in [0.15, 0.2) is 5.43 Å². The van der Waals surface area contributed by atoms with E-state index in [-0.39, 0.29) is 11.1 Å². The van der Waals surface area contributed by atoms with E-state index in [1.54, 1.807) is 0 Å². The molecule has 0 spiro atoms. The number of pyridine rings is 1. The summed E-state index contributed by atoms with van der Waals surface area (Å²) in [5, 5.41) is 8.92. The van der Waals surface area contributed by atoms with Crippen LogP contribution in [0.4, 0.5) is 13.2 Å². The zero-order chi connectivity index (χ0) is 13.5.